The van der Waals surface area contributed by atoms with E-state index in [1.54, 1.807) is 18.2 Å². The number of benzene rings is 1. The van der Waals surface area contributed by atoms with Crippen LogP contribution in [0.5, 0.6) is 11.5 Å². The molecule has 1 aliphatic carbocycles. The van der Waals surface area contributed by atoms with Crippen LogP contribution in [0.15, 0.2) is 18.2 Å². The van der Waals surface area contributed by atoms with Crippen LogP contribution < -0.4 is 20.2 Å². The van der Waals surface area contributed by atoms with Crippen molar-refractivity contribution in [1.82, 2.24) is 15.8 Å². The SMILES string of the molecule is CC1CCC2(CC1)NC(=O)N(NC(=O)COC(=O)CCC(=O)c1ccc3c(c1)OCCO3)C2=O. The van der Waals surface area contributed by atoms with Crippen LogP contribution in [0, 0.1) is 5.92 Å². The number of ether oxygens (including phenoxy) is 3. The second kappa shape index (κ2) is 9.70. The predicted octanol–water partition coefficient (Wildman–Crippen LogP) is 1.50. The van der Waals surface area contributed by atoms with Gasteiger partial charge in [0.1, 0.15) is 18.8 Å². The molecule has 1 aromatic rings. The van der Waals surface area contributed by atoms with Crippen molar-refractivity contribution in [1.29, 1.82) is 0 Å². The van der Waals surface area contributed by atoms with Crippen LogP contribution in [-0.4, -0.2) is 60.0 Å². The average molecular weight is 473 g/mol. The van der Waals surface area contributed by atoms with Gasteiger partial charge in [0.2, 0.25) is 0 Å². The molecule has 182 valence electrons. The molecule has 2 N–H and O–H groups in total. The molecule has 2 aliphatic heterocycles. The Morgan fingerprint density at radius 1 is 1.12 bits per heavy atom. The van der Waals surface area contributed by atoms with Crippen LogP contribution in [-0.2, 0) is 19.1 Å². The Morgan fingerprint density at radius 3 is 2.56 bits per heavy atom. The Morgan fingerprint density at radius 2 is 1.82 bits per heavy atom. The van der Waals surface area contributed by atoms with Gasteiger partial charge in [-0.1, -0.05) is 6.92 Å². The van der Waals surface area contributed by atoms with Crippen molar-refractivity contribution < 1.29 is 38.2 Å². The topological polar surface area (TPSA) is 140 Å². The number of ketones is 1. The van der Waals surface area contributed by atoms with Gasteiger partial charge in [-0.2, -0.15) is 5.01 Å². The highest BCUT2D eigenvalue weighted by Gasteiger charge is 2.52. The maximum absolute atomic E-state index is 12.7. The number of carbonyl (C=O) groups excluding carboxylic acids is 5. The first-order valence-electron chi connectivity index (χ1n) is 11.3. The van der Waals surface area contributed by atoms with E-state index in [9.17, 15) is 24.0 Å². The lowest BCUT2D eigenvalue weighted by Gasteiger charge is -2.33. The average Bonchev–Trinajstić information content (AvgIpc) is 3.06. The van der Waals surface area contributed by atoms with E-state index in [1.165, 1.54) is 0 Å². The number of esters is 1. The molecular formula is C23H27N3O8. The maximum Gasteiger partial charge on any atom is 0.344 e. The summed E-state index contributed by atoms with van der Waals surface area (Å²) in [6, 6.07) is 4.09. The van der Waals surface area contributed by atoms with Crippen molar-refractivity contribution in [2.75, 3.05) is 19.8 Å². The Bertz CT molecular complexity index is 1020. The van der Waals surface area contributed by atoms with Gasteiger partial charge in [-0.05, 0) is 49.8 Å². The van der Waals surface area contributed by atoms with Gasteiger partial charge < -0.3 is 19.5 Å². The number of nitrogens with zero attached hydrogens (tertiary/aromatic N) is 1. The summed E-state index contributed by atoms with van der Waals surface area (Å²) in [6.07, 6.45) is 2.28. The first kappa shape index (κ1) is 23.5. The number of hydrogen-bond donors (Lipinski definition) is 2. The molecule has 2 fully saturated rings. The van der Waals surface area contributed by atoms with E-state index in [0.29, 0.717) is 54.0 Å². The molecule has 2 heterocycles. The Labute approximate surface area is 196 Å². The van der Waals surface area contributed by atoms with Gasteiger partial charge in [-0.3, -0.25) is 24.6 Å². The number of carbonyl (C=O) groups is 5. The summed E-state index contributed by atoms with van der Waals surface area (Å²) in [7, 11) is 0. The number of urea groups is 1. The van der Waals surface area contributed by atoms with Gasteiger partial charge in [0, 0.05) is 12.0 Å². The molecule has 0 bridgehead atoms. The van der Waals surface area contributed by atoms with E-state index in [1.807, 2.05) is 0 Å². The molecule has 4 rings (SSSR count). The van der Waals surface area contributed by atoms with E-state index in [-0.39, 0.29) is 18.6 Å². The van der Waals surface area contributed by atoms with Crippen LogP contribution in [0.2, 0.25) is 0 Å². The molecule has 4 amide bonds. The Hall–Kier alpha value is -3.63. The number of hydrogen-bond acceptors (Lipinski definition) is 8. The van der Waals surface area contributed by atoms with E-state index >= 15 is 0 Å². The summed E-state index contributed by atoms with van der Waals surface area (Å²) in [4.78, 5) is 61.5. The zero-order chi connectivity index (χ0) is 24.3. The third kappa shape index (κ3) is 4.97. The fraction of sp³-hybridized carbons (Fsp3) is 0.522. The number of imide groups is 1. The summed E-state index contributed by atoms with van der Waals surface area (Å²) < 4.78 is 15.8. The van der Waals surface area contributed by atoms with Gasteiger partial charge in [0.15, 0.2) is 23.9 Å². The molecule has 11 heteroatoms. The molecule has 34 heavy (non-hydrogen) atoms. The number of nitrogens with one attached hydrogen (secondary N) is 2. The normalized spacial score (nSPS) is 23.4. The lowest BCUT2D eigenvalue weighted by Crippen LogP contribution is -2.52. The smallest absolute Gasteiger partial charge is 0.344 e. The van der Waals surface area contributed by atoms with Crippen LogP contribution in [0.3, 0.4) is 0 Å². The summed E-state index contributed by atoms with van der Waals surface area (Å²) in [6.45, 7) is 2.24. The number of Topliss-reactive ketones (excluding diaryl/α,β-unsaturated/α-hetero) is 1. The fourth-order valence-electron chi connectivity index (χ4n) is 4.27. The third-order valence-corrected chi connectivity index (χ3v) is 6.31. The van der Waals surface area contributed by atoms with E-state index in [2.05, 4.69) is 17.7 Å². The van der Waals surface area contributed by atoms with Gasteiger partial charge in [-0.15, -0.1) is 0 Å². The third-order valence-electron chi connectivity index (χ3n) is 6.31. The Balaban J connectivity index is 1.21. The number of rotatable bonds is 7. The standard InChI is InChI=1S/C23H27N3O8/c1-14-6-8-23(9-7-14)21(30)26(22(31)24-23)25-19(28)13-34-20(29)5-3-16(27)15-2-4-17-18(12-15)33-11-10-32-17/h2,4,12,14H,3,5-11,13H2,1H3,(H,24,31)(H,25,28). The lowest BCUT2D eigenvalue weighted by molar-refractivity contribution is -0.150. The number of hydrazine groups is 1. The minimum Gasteiger partial charge on any atom is -0.486 e. The zero-order valence-corrected chi connectivity index (χ0v) is 18.9. The van der Waals surface area contributed by atoms with E-state index < -0.39 is 36.0 Å². The molecule has 1 spiro atoms. The van der Waals surface area contributed by atoms with Crippen LogP contribution in [0.4, 0.5) is 4.79 Å². The second-order valence-corrected chi connectivity index (χ2v) is 8.81. The highest BCUT2D eigenvalue weighted by molar-refractivity contribution is 6.08. The molecule has 0 atom stereocenters. The molecule has 1 aromatic carbocycles. The largest absolute Gasteiger partial charge is 0.486 e. The van der Waals surface area contributed by atoms with Crippen molar-refractivity contribution >= 4 is 29.6 Å². The molecular weight excluding hydrogens is 446 g/mol. The van der Waals surface area contributed by atoms with E-state index in [4.69, 9.17) is 14.2 Å². The highest BCUT2D eigenvalue weighted by Crippen LogP contribution is 2.35. The van der Waals surface area contributed by atoms with Gasteiger partial charge in [0.05, 0.1) is 6.42 Å². The lowest BCUT2D eigenvalue weighted by atomic mass is 9.77. The van der Waals surface area contributed by atoms with Crippen molar-refractivity contribution in [2.24, 2.45) is 5.92 Å². The highest BCUT2D eigenvalue weighted by atomic mass is 16.6. The molecule has 0 aromatic heterocycles. The van der Waals surface area contributed by atoms with Gasteiger partial charge >= 0.3 is 12.0 Å². The van der Waals surface area contributed by atoms with Crippen LogP contribution in [0.1, 0.15) is 55.8 Å². The molecule has 1 saturated heterocycles. The molecule has 0 unspecified atom stereocenters. The Kier molecular flexibility index (Phi) is 6.71. The first-order valence-corrected chi connectivity index (χ1v) is 11.3. The van der Waals surface area contributed by atoms with E-state index in [0.717, 1.165) is 12.8 Å². The predicted molar refractivity (Wildman–Crippen MR) is 116 cm³/mol. The van der Waals surface area contributed by atoms with Crippen molar-refractivity contribution in [2.45, 2.75) is 51.0 Å². The maximum atomic E-state index is 12.7. The van der Waals surface area contributed by atoms with Gasteiger partial charge in [-0.25, -0.2) is 4.79 Å². The fourth-order valence-corrected chi connectivity index (χ4v) is 4.27. The van der Waals surface area contributed by atoms with Crippen molar-refractivity contribution in [3.05, 3.63) is 23.8 Å². The summed E-state index contributed by atoms with van der Waals surface area (Å²) in [5.74, 6) is -0.866. The monoisotopic (exact) mass is 473 g/mol. The second-order valence-electron chi connectivity index (χ2n) is 8.81. The van der Waals surface area contributed by atoms with Crippen LogP contribution >= 0.6 is 0 Å². The zero-order valence-electron chi connectivity index (χ0n) is 18.9. The molecule has 11 nitrogen and oxygen atoms in total. The molecule has 0 radical (unpaired) electrons. The minimum atomic E-state index is -0.984. The van der Waals surface area contributed by atoms with Crippen molar-refractivity contribution in [3.8, 4) is 11.5 Å². The quantitative estimate of drug-likeness (QED) is 0.345. The minimum absolute atomic E-state index is 0.117. The van der Waals surface area contributed by atoms with Crippen molar-refractivity contribution in [3.63, 3.8) is 0 Å². The molecule has 1 saturated carbocycles. The van der Waals surface area contributed by atoms with Gasteiger partial charge in [0.25, 0.3) is 11.8 Å². The number of amides is 4. The summed E-state index contributed by atoms with van der Waals surface area (Å²) in [5.41, 5.74) is 1.59. The van der Waals surface area contributed by atoms with Crippen LogP contribution in [0.25, 0.3) is 0 Å². The summed E-state index contributed by atoms with van der Waals surface area (Å²) in [5, 5.41) is 3.34. The first-order chi connectivity index (χ1) is 16.3. The summed E-state index contributed by atoms with van der Waals surface area (Å²) >= 11 is 0. The molecule has 3 aliphatic rings. The number of fused-ring (bicyclic) bond motifs is 1.